The average Bonchev–Trinajstić information content (AvgIpc) is 3.16. The minimum absolute atomic E-state index is 0.0128. The van der Waals surface area contributed by atoms with E-state index in [4.69, 9.17) is 4.74 Å². The molecule has 2 aliphatic rings. The zero-order valence-corrected chi connectivity index (χ0v) is 17.0. The van der Waals surface area contributed by atoms with Gasteiger partial charge in [0.05, 0.1) is 16.4 Å². The van der Waals surface area contributed by atoms with E-state index in [0.717, 1.165) is 31.4 Å². The molecule has 0 unspecified atom stereocenters. The number of benzene rings is 2. The van der Waals surface area contributed by atoms with Gasteiger partial charge in [0.15, 0.2) is 0 Å². The fraction of sp³-hybridized carbons (Fsp3) is 0.400. The van der Waals surface area contributed by atoms with Gasteiger partial charge < -0.3 is 4.74 Å². The van der Waals surface area contributed by atoms with Crippen LogP contribution in [-0.2, 0) is 23.0 Å². The molecule has 0 atom stereocenters. The molecule has 0 aliphatic carbocycles. The minimum Gasteiger partial charge on any atom is -0.493 e. The molecule has 0 spiro atoms. The maximum Gasteiger partial charge on any atom is 0.270 e. The van der Waals surface area contributed by atoms with E-state index in [9.17, 15) is 18.5 Å². The van der Waals surface area contributed by atoms with Crippen molar-refractivity contribution < 1.29 is 18.1 Å². The molecule has 0 radical (unpaired) electrons. The molecule has 0 saturated carbocycles. The normalized spacial score (nSPS) is 17.7. The Morgan fingerprint density at radius 1 is 1.10 bits per heavy atom. The van der Waals surface area contributed by atoms with E-state index < -0.39 is 14.9 Å². The van der Waals surface area contributed by atoms with Crippen LogP contribution < -0.4 is 4.74 Å². The second kappa shape index (κ2) is 7.74. The van der Waals surface area contributed by atoms with Crippen LogP contribution in [0.4, 0.5) is 5.69 Å². The SMILES string of the molecule is Cc1ccc([N+](=O)[O-])cc1S(=O)(=O)N1CCN(Cc2ccc3c(c2)CCO3)CC1. The Bertz CT molecular complexity index is 1050. The molecule has 9 heteroatoms. The highest BCUT2D eigenvalue weighted by atomic mass is 32.2. The van der Waals surface area contributed by atoms with Gasteiger partial charge in [0.2, 0.25) is 10.0 Å². The predicted molar refractivity (Wildman–Crippen MR) is 108 cm³/mol. The number of rotatable bonds is 5. The maximum atomic E-state index is 13.0. The van der Waals surface area contributed by atoms with Crippen LogP contribution in [-0.4, -0.2) is 55.3 Å². The molecule has 1 saturated heterocycles. The van der Waals surface area contributed by atoms with Crippen molar-refractivity contribution in [3.05, 3.63) is 63.2 Å². The van der Waals surface area contributed by atoms with E-state index in [-0.39, 0.29) is 10.6 Å². The van der Waals surface area contributed by atoms with Gasteiger partial charge in [-0.1, -0.05) is 18.2 Å². The summed E-state index contributed by atoms with van der Waals surface area (Å²) in [6.45, 7) is 5.09. The molecule has 2 aromatic rings. The largest absolute Gasteiger partial charge is 0.493 e. The number of fused-ring (bicyclic) bond motifs is 1. The lowest BCUT2D eigenvalue weighted by Gasteiger charge is -2.34. The topological polar surface area (TPSA) is 93.0 Å². The first kappa shape index (κ1) is 19.8. The lowest BCUT2D eigenvalue weighted by atomic mass is 10.1. The molecule has 2 aromatic carbocycles. The van der Waals surface area contributed by atoms with E-state index in [1.54, 1.807) is 6.92 Å². The number of ether oxygens (including phenoxy) is 1. The summed E-state index contributed by atoms with van der Waals surface area (Å²) in [7, 11) is -3.77. The molecule has 0 aromatic heterocycles. The number of hydrogen-bond acceptors (Lipinski definition) is 6. The Kier molecular flexibility index (Phi) is 5.28. The third kappa shape index (κ3) is 3.98. The van der Waals surface area contributed by atoms with Gasteiger partial charge in [-0.25, -0.2) is 8.42 Å². The first-order valence-corrected chi connectivity index (χ1v) is 11.0. The van der Waals surface area contributed by atoms with Crippen molar-refractivity contribution in [1.29, 1.82) is 0 Å². The third-order valence-corrected chi connectivity index (χ3v) is 7.53. The molecule has 0 amide bonds. The number of aryl methyl sites for hydroxylation is 1. The highest BCUT2D eigenvalue weighted by molar-refractivity contribution is 7.89. The molecule has 2 heterocycles. The van der Waals surface area contributed by atoms with Gasteiger partial charge in [0.25, 0.3) is 5.69 Å². The quantitative estimate of drug-likeness (QED) is 0.548. The van der Waals surface area contributed by atoms with Crippen molar-refractivity contribution in [3.63, 3.8) is 0 Å². The van der Waals surface area contributed by atoms with Crippen LogP contribution in [0.2, 0.25) is 0 Å². The van der Waals surface area contributed by atoms with E-state index in [2.05, 4.69) is 17.0 Å². The lowest BCUT2D eigenvalue weighted by Crippen LogP contribution is -2.48. The fourth-order valence-corrected chi connectivity index (χ4v) is 5.51. The highest BCUT2D eigenvalue weighted by Gasteiger charge is 2.31. The van der Waals surface area contributed by atoms with Gasteiger partial charge in [0.1, 0.15) is 5.75 Å². The summed E-state index contributed by atoms with van der Waals surface area (Å²) in [6.07, 6.45) is 0.928. The maximum absolute atomic E-state index is 13.0. The first-order chi connectivity index (χ1) is 13.8. The van der Waals surface area contributed by atoms with E-state index >= 15 is 0 Å². The van der Waals surface area contributed by atoms with E-state index in [1.807, 2.05) is 6.07 Å². The van der Waals surface area contributed by atoms with Crippen molar-refractivity contribution in [1.82, 2.24) is 9.21 Å². The molecule has 1 fully saturated rings. The Labute approximate surface area is 169 Å². The molecule has 0 N–H and O–H groups in total. The number of nitro groups is 1. The van der Waals surface area contributed by atoms with Gasteiger partial charge >= 0.3 is 0 Å². The number of nitro benzene ring substituents is 1. The van der Waals surface area contributed by atoms with Gasteiger partial charge in [0, 0.05) is 51.3 Å². The zero-order valence-electron chi connectivity index (χ0n) is 16.2. The van der Waals surface area contributed by atoms with E-state index in [1.165, 1.54) is 27.6 Å². The first-order valence-electron chi connectivity index (χ1n) is 9.57. The molecule has 154 valence electrons. The van der Waals surface area contributed by atoms with Crippen molar-refractivity contribution in [2.24, 2.45) is 0 Å². The van der Waals surface area contributed by atoms with Gasteiger partial charge in [-0.15, -0.1) is 0 Å². The number of non-ortho nitro benzene ring substituents is 1. The number of sulfonamides is 1. The van der Waals surface area contributed by atoms with Gasteiger partial charge in [-0.05, 0) is 29.7 Å². The van der Waals surface area contributed by atoms with Crippen LogP contribution in [0.5, 0.6) is 5.75 Å². The fourth-order valence-electron chi connectivity index (χ4n) is 3.84. The smallest absolute Gasteiger partial charge is 0.270 e. The third-order valence-electron chi connectivity index (χ3n) is 5.49. The molecule has 29 heavy (non-hydrogen) atoms. The molecule has 2 aliphatic heterocycles. The van der Waals surface area contributed by atoms with Crippen molar-refractivity contribution >= 4 is 15.7 Å². The molecule has 0 bridgehead atoms. The number of hydrogen-bond donors (Lipinski definition) is 0. The second-order valence-corrected chi connectivity index (χ2v) is 9.33. The minimum atomic E-state index is -3.77. The highest BCUT2D eigenvalue weighted by Crippen LogP contribution is 2.28. The van der Waals surface area contributed by atoms with Gasteiger partial charge in [-0.2, -0.15) is 4.31 Å². The zero-order chi connectivity index (χ0) is 20.6. The molecule has 4 rings (SSSR count). The molecular formula is C20H23N3O5S. The average molecular weight is 417 g/mol. The molecule has 8 nitrogen and oxygen atoms in total. The van der Waals surface area contributed by atoms with Gasteiger partial charge in [-0.3, -0.25) is 15.0 Å². The summed E-state index contributed by atoms with van der Waals surface area (Å²) >= 11 is 0. The summed E-state index contributed by atoms with van der Waals surface area (Å²) in [6, 6.07) is 10.2. The summed E-state index contributed by atoms with van der Waals surface area (Å²) in [5, 5.41) is 11.0. The van der Waals surface area contributed by atoms with Crippen LogP contribution >= 0.6 is 0 Å². The molecular weight excluding hydrogens is 394 g/mol. The lowest BCUT2D eigenvalue weighted by molar-refractivity contribution is -0.385. The predicted octanol–water partition coefficient (Wildman–Crippen LogP) is 2.34. The number of nitrogens with zero attached hydrogens (tertiary/aromatic N) is 3. The summed E-state index contributed by atoms with van der Waals surface area (Å²) in [4.78, 5) is 12.7. The standard InChI is InChI=1S/C20H23N3O5S/c1-15-2-4-18(23(24)25)13-20(15)29(26,27)22-9-7-21(8-10-22)14-16-3-5-19-17(12-16)6-11-28-19/h2-5,12-13H,6-11,14H2,1H3. The Morgan fingerprint density at radius 3 is 2.59 bits per heavy atom. The summed E-state index contributed by atoms with van der Waals surface area (Å²) in [5.74, 6) is 0.956. The van der Waals surface area contributed by atoms with Crippen LogP contribution in [0, 0.1) is 17.0 Å². The number of piperazine rings is 1. The summed E-state index contributed by atoms with van der Waals surface area (Å²) in [5.41, 5.74) is 2.72. The van der Waals surface area contributed by atoms with E-state index in [0.29, 0.717) is 31.7 Å². The summed E-state index contributed by atoms with van der Waals surface area (Å²) < 4.78 is 33.1. The van der Waals surface area contributed by atoms with Crippen LogP contribution in [0.15, 0.2) is 41.3 Å². The Hall–Kier alpha value is -2.49. The van der Waals surface area contributed by atoms with Crippen molar-refractivity contribution in [2.75, 3.05) is 32.8 Å². The van der Waals surface area contributed by atoms with Crippen LogP contribution in [0.3, 0.4) is 0 Å². The Balaban J connectivity index is 1.44. The second-order valence-electron chi connectivity index (χ2n) is 7.43. The monoisotopic (exact) mass is 417 g/mol. The van der Waals surface area contributed by atoms with Crippen molar-refractivity contribution in [2.45, 2.75) is 24.8 Å². The van der Waals surface area contributed by atoms with Crippen LogP contribution in [0.1, 0.15) is 16.7 Å². The van der Waals surface area contributed by atoms with Crippen molar-refractivity contribution in [3.8, 4) is 5.75 Å². The Morgan fingerprint density at radius 2 is 1.86 bits per heavy atom. The van der Waals surface area contributed by atoms with Crippen LogP contribution in [0.25, 0.3) is 0 Å².